The molecule has 1 aromatic heterocycles. The van der Waals surface area contributed by atoms with Gasteiger partial charge >= 0.3 is 0 Å². The summed E-state index contributed by atoms with van der Waals surface area (Å²) in [6, 6.07) is 1.69. The zero-order valence-electron chi connectivity index (χ0n) is 5.18. The Hall–Kier alpha value is 0.0800. The molecule has 1 rings (SSSR count). The van der Waals surface area contributed by atoms with Crippen LogP contribution in [0.2, 0.25) is 0 Å². The van der Waals surface area contributed by atoms with Crippen molar-refractivity contribution in [3.05, 3.63) is 6.07 Å². The Labute approximate surface area is 76.8 Å². The maximum absolute atomic E-state index is 7.83. The summed E-state index contributed by atoms with van der Waals surface area (Å²) in [6.45, 7) is 0. The highest BCUT2D eigenvalue weighted by atomic mass is 32.2. The van der Waals surface area contributed by atoms with E-state index in [1.54, 1.807) is 6.07 Å². The summed E-state index contributed by atoms with van der Waals surface area (Å²) in [4.78, 5) is 0.703. The number of hydrogen-bond donors (Lipinski definition) is 3. The third-order valence-electron chi connectivity index (χ3n) is 0.839. The number of hydrogen-bond acceptors (Lipinski definition) is 7. The van der Waals surface area contributed by atoms with E-state index in [1.165, 1.54) is 11.3 Å². The average Bonchev–Trinajstić information content (AvgIpc) is 2.26. The van der Waals surface area contributed by atoms with E-state index in [4.69, 9.17) is 11.0 Å². The molecule has 0 bridgehead atoms. The molecule has 1 aromatic rings. The lowest BCUT2D eigenvalue weighted by Gasteiger charge is -1.92. The van der Waals surface area contributed by atoms with E-state index in [0.717, 1.165) is 16.3 Å². The van der Waals surface area contributed by atoms with Crippen molar-refractivity contribution < 1.29 is 14.6 Å². The van der Waals surface area contributed by atoms with Crippen LogP contribution in [0.15, 0.2) is 15.2 Å². The van der Waals surface area contributed by atoms with Crippen molar-refractivity contribution in [2.75, 3.05) is 5.73 Å². The van der Waals surface area contributed by atoms with Crippen LogP contribution in [0.25, 0.3) is 0 Å². The number of rotatable bonds is 3. The van der Waals surface area contributed by atoms with Gasteiger partial charge in [-0.05, 0) is 6.07 Å². The maximum Gasteiger partial charge on any atom is 0.106 e. The van der Waals surface area contributed by atoms with Gasteiger partial charge < -0.3 is 5.73 Å². The molecule has 1 heterocycles. The van der Waals surface area contributed by atoms with E-state index < -0.39 is 0 Å². The maximum atomic E-state index is 7.83. The summed E-state index contributed by atoms with van der Waals surface area (Å²) in [6.07, 6.45) is 0. The molecule has 0 fully saturated rings. The largest absolute Gasteiger partial charge is 0.391 e. The minimum absolute atomic E-state index is 0.638. The Balaban J connectivity index is 2.62. The minimum atomic E-state index is 0.638. The zero-order chi connectivity index (χ0) is 8.27. The highest BCUT2D eigenvalue weighted by Crippen LogP contribution is 2.36. The van der Waals surface area contributed by atoms with Crippen LogP contribution in [-0.4, -0.2) is 5.26 Å². The summed E-state index contributed by atoms with van der Waals surface area (Å²) in [5.74, 6) is 0. The molecule has 0 aliphatic rings. The number of anilines is 1. The second kappa shape index (κ2) is 4.19. The fraction of sp³-hybridized carbons (Fsp3) is 0. The van der Waals surface area contributed by atoms with Gasteiger partial charge in [-0.2, -0.15) is 0 Å². The first-order valence-corrected chi connectivity index (χ1v) is 4.47. The fourth-order valence-corrected chi connectivity index (χ4v) is 2.26. The van der Waals surface area contributed by atoms with E-state index in [1.807, 2.05) is 0 Å². The summed E-state index contributed by atoms with van der Waals surface area (Å²) >= 11 is 6.24. The Morgan fingerprint density at radius 1 is 1.73 bits per heavy atom. The van der Waals surface area contributed by atoms with Crippen molar-refractivity contribution in [1.29, 1.82) is 0 Å². The van der Waals surface area contributed by atoms with Gasteiger partial charge in [0.15, 0.2) is 0 Å². The summed E-state index contributed by atoms with van der Waals surface area (Å²) in [5, 5.41) is 11.9. The lowest BCUT2D eigenvalue weighted by atomic mass is 10.6. The van der Waals surface area contributed by atoms with Crippen LogP contribution in [0, 0.1) is 0 Å². The molecule has 0 atom stereocenters. The first-order chi connectivity index (χ1) is 5.24. The second-order valence-electron chi connectivity index (χ2n) is 1.55. The monoisotopic (exact) mass is 211 g/mol. The van der Waals surface area contributed by atoms with Crippen LogP contribution in [0.1, 0.15) is 0 Å². The topological polar surface area (TPSA) is 64.7 Å². The highest BCUT2D eigenvalue weighted by Gasteiger charge is 2.05. The molecule has 7 heteroatoms. The van der Waals surface area contributed by atoms with Gasteiger partial charge in [-0.1, -0.05) is 5.04 Å². The van der Waals surface area contributed by atoms with Crippen molar-refractivity contribution in [2.24, 2.45) is 0 Å². The van der Waals surface area contributed by atoms with Crippen molar-refractivity contribution in [3.8, 4) is 0 Å². The Bertz CT molecular complexity index is 238. The number of thiol groups is 1. The smallest absolute Gasteiger partial charge is 0.106 e. The average molecular weight is 211 g/mol. The molecule has 11 heavy (non-hydrogen) atoms. The molecule has 62 valence electrons. The Morgan fingerprint density at radius 2 is 2.45 bits per heavy atom. The lowest BCUT2D eigenvalue weighted by Crippen LogP contribution is -1.75. The molecule has 0 saturated heterocycles. The molecule has 4 nitrogen and oxygen atoms in total. The zero-order valence-corrected chi connectivity index (χ0v) is 7.71. The molecule has 0 radical (unpaired) electrons. The van der Waals surface area contributed by atoms with E-state index in [9.17, 15) is 0 Å². The van der Waals surface area contributed by atoms with Gasteiger partial charge in [0.1, 0.15) is 4.21 Å². The molecule has 0 amide bonds. The van der Waals surface area contributed by atoms with Gasteiger partial charge in [0, 0.05) is 4.90 Å². The molecule has 0 saturated carbocycles. The van der Waals surface area contributed by atoms with Crippen molar-refractivity contribution in [2.45, 2.75) is 9.10 Å². The van der Waals surface area contributed by atoms with Crippen molar-refractivity contribution in [3.63, 3.8) is 0 Å². The Morgan fingerprint density at radius 3 is 2.91 bits per heavy atom. The van der Waals surface area contributed by atoms with Gasteiger partial charge in [0.25, 0.3) is 0 Å². The van der Waals surface area contributed by atoms with Crippen LogP contribution in [0.3, 0.4) is 0 Å². The van der Waals surface area contributed by atoms with Gasteiger partial charge in [-0.25, -0.2) is 5.26 Å². The summed E-state index contributed by atoms with van der Waals surface area (Å²) < 4.78 is 4.93. The predicted molar refractivity (Wildman–Crippen MR) is 46.6 cm³/mol. The number of nitrogen functional groups attached to an aromatic ring is 1. The molecule has 0 aliphatic carbocycles. The van der Waals surface area contributed by atoms with E-state index in [0.29, 0.717) is 9.90 Å². The predicted octanol–water partition coefficient (Wildman–Crippen LogP) is 2.05. The van der Waals surface area contributed by atoms with E-state index in [-0.39, 0.29) is 0 Å². The quantitative estimate of drug-likeness (QED) is 0.309. The Kier molecular flexibility index (Phi) is 3.49. The molecule has 0 aliphatic heterocycles. The molecule has 0 unspecified atom stereocenters. The third kappa shape index (κ3) is 2.55. The van der Waals surface area contributed by atoms with Gasteiger partial charge in [-0.3, -0.25) is 0 Å². The van der Waals surface area contributed by atoms with Crippen LogP contribution in [-0.2, 0) is 9.37 Å². The van der Waals surface area contributed by atoms with Gasteiger partial charge in [-0.15, -0.1) is 28.3 Å². The van der Waals surface area contributed by atoms with E-state index >= 15 is 0 Å². The number of nitrogens with two attached hydrogens (primary N) is 1. The normalized spacial score (nSPS) is 10.4. The molecule has 0 aromatic carbocycles. The highest BCUT2D eigenvalue weighted by molar-refractivity contribution is 7.97. The lowest BCUT2D eigenvalue weighted by molar-refractivity contribution is -0.432. The first kappa shape index (κ1) is 9.17. The summed E-state index contributed by atoms with van der Waals surface area (Å²) in [7, 11) is 0. The van der Waals surface area contributed by atoms with Gasteiger partial charge in [0.2, 0.25) is 0 Å². The molecule has 3 N–H and O–H groups in total. The number of thiophene rings is 1. The SMILES string of the molecule is Nc1cc(S)c(SOOO)s1. The van der Waals surface area contributed by atoms with E-state index in [2.05, 4.69) is 22.0 Å². The van der Waals surface area contributed by atoms with Crippen molar-refractivity contribution >= 4 is 41.0 Å². The van der Waals surface area contributed by atoms with Crippen LogP contribution in [0.4, 0.5) is 5.00 Å². The van der Waals surface area contributed by atoms with Crippen molar-refractivity contribution in [1.82, 2.24) is 0 Å². The van der Waals surface area contributed by atoms with Gasteiger partial charge in [0.05, 0.1) is 17.0 Å². The third-order valence-corrected chi connectivity index (χ3v) is 3.21. The van der Waals surface area contributed by atoms with Crippen LogP contribution >= 0.6 is 36.0 Å². The van der Waals surface area contributed by atoms with Crippen LogP contribution < -0.4 is 5.73 Å². The molecular formula is C4H5NO3S3. The fourth-order valence-electron chi connectivity index (χ4n) is 0.488. The summed E-state index contributed by atoms with van der Waals surface area (Å²) in [5.41, 5.74) is 5.45. The molecular weight excluding hydrogens is 206 g/mol. The minimum Gasteiger partial charge on any atom is -0.391 e. The first-order valence-electron chi connectivity index (χ1n) is 2.47. The molecule has 0 spiro atoms. The second-order valence-corrected chi connectivity index (χ2v) is 4.08. The standard InChI is InChI=1S/C4H5NO3S3/c5-3-1-2(9)4(10-3)11-8-7-6/h1,6,9H,5H2. The van der Waals surface area contributed by atoms with Crippen LogP contribution in [0.5, 0.6) is 0 Å².